The minimum absolute atomic E-state index is 0.167. The van der Waals surface area contributed by atoms with Crippen molar-refractivity contribution in [3.8, 4) is 11.3 Å². The number of carbonyl (C=O) groups excluding carboxylic acids is 1. The van der Waals surface area contributed by atoms with E-state index < -0.39 is 0 Å². The van der Waals surface area contributed by atoms with E-state index >= 15 is 0 Å². The van der Waals surface area contributed by atoms with Gasteiger partial charge in [0.05, 0.1) is 17.8 Å². The van der Waals surface area contributed by atoms with Crippen molar-refractivity contribution in [3.05, 3.63) is 58.8 Å². The number of amides is 1. The first-order valence-electron chi connectivity index (χ1n) is 9.14. The highest BCUT2D eigenvalue weighted by atomic mass is 79.9. The number of furan rings is 1. The molecule has 0 atom stereocenters. The van der Waals surface area contributed by atoms with Gasteiger partial charge >= 0.3 is 0 Å². The quantitative estimate of drug-likeness (QED) is 0.599. The molecule has 1 saturated heterocycles. The summed E-state index contributed by atoms with van der Waals surface area (Å²) in [5.41, 5.74) is 1.84. The van der Waals surface area contributed by atoms with Gasteiger partial charge < -0.3 is 14.2 Å². The van der Waals surface area contributed by atoms with Gasteiger partial charge in [-0.3, -0.25) is 9.78 Å². The molecule has 4 rings (SSSR count). The minimum atomic E-state index is -0.167. The van der Waals surface area contributed by atoms with Crippen LogP contribution >= 0.6 is 15.9 Å². The van der Waals surface area contributed by atoms with Crippen molar-refractivity contribution in [2.75, 3.05) is 25.0 Å². The molecule has 8 heteroatoms. The number of carbonyl (C=O) groups is 1. The number of halogens is 1. The van der Waals surface area contributed by atoms with E-state index in [-0.39, 0.29) is 5.91 Å². The summed E-state index contributed by atoms with van der Waals surface area (Å²) in [6, 6.07) is 7.39. The predicted octanol–water partition coefficient (Wildman–Crippen LogP) is 3.77. The third kappa shape index (κ3) is 3.91. The van der Waals surface area contributed by atoms with Gasteiger partial charge in [-0.05, 0) is 53.0 Å². The molecule has 1 aliphatic heterocycles. The van der Waals surface area contributed by atoms with Crippen molar-refractivity contribution in [2.24, 2.45) is 0 Å². The van der Waals surface area contributed by atoms with Crippen LogP contribution in [0.15, 0.2) is 51.9 Å². The van der Waals surface area contributed by atoms with Crippen LogP contribution < -0.4 is 4.90 Å². The van der Waals surface area contributed by atoms with E-state index in [1.807, 2.05) is 24.3 Å². The molecular formula is C20H20BrN5O2. The summed E-state index contributed by atoms with van der Waals surface area (Å²) in [4.78, 5) is 30.3. The fraction of sp³-hybridized carbons (Fsp3) is 0.300. The molecule has 0 bridgehead atoms. The van der Waals surface area contributed by atoms with Crippen molar-refractivity contribution in [3.63, 3.8) is 0 Å². The van der Waals surface area contributed by atoms with E-state index in [9.17, 15) is 4.79 Å². The van der Waals surface area contributed by atoms with Crippen LogP contribution in [-0.4, -0.2) is 45.9 Å². The molecule has 0 aliphatic carbocycles. The predicted molar refractivity (Wildman–Crippen MR) is 109 cm³/mol. The molecule has 1 aliphatic rings. The highest BCUT2D eigenvalue weighted by Crippen LogP contribution is 2.26. The van der Waals surface area contributed by atoms with Crippen LogP contribution in [0, 0.1) is 0 Å². The van der Waals surface area contributed by atoms with Gasteiger partial charge in [0.25, 0.3) is 5.91 Å². The normalized spacial score (nSPS) is 13.7. The summed E-state index contributed by atoms with van der Waals surface area (Å²) < 4.78 is 6.15. The second-order valence-electron chi connectivity index (χ2n) is 6.74. The molecule has 144 valence electrons. The van der Waals surface area contributed by atoms with Crippen molar-refractivity contribution in [1.82, 2.24) is 19.9 Å². The molecule has 0 unspecified atom stereocenters. The van der Waals surface area contributed by atoms with Gasteiger partial charge in [0, 0.05) is 44.3 Å². The second kappa shape index (κ2) is 8.10. The summed E-state index contributed by atoms with van der Waals surface area (Å²) in [5, 5.41) is 0. The number of hydrogen-bond donors (Lipinski definition) is 0. The van der Waals surface area contributed by atoms with Crippen LogP contribution in [0.4, 0.5) is 5.95 Å². The monoisotopic (exact) mass is 441 g/mol. The number of aromatic nitrogens is 3. The maximum absolute atomic E-state index is 13.1. The zero-order valence-electron chi connectivity index (χ0n) is 15.5. The third-order valence-electron chi connectivity index (χ3n) is 4.70. The molecule has 3 aromatic heterocycles. The highest BCUT2D eigenvalue weighted by Gasteiger charge is 2.23. The van der Waals surface area contributed by atoms with Crippen LogP contribution in [0.5, 0.6) is 0 Å². The van der Waals surface area contributed by atoms with E-state index in [4.69, 9.17) is 9.40 Å². The average molecular weight is 442 g/mol. The maximum Gasteiger partial charge on any atom is 0.257 e. The van der Waals surface area contributed by atoms with Crippen LogP contribution in [-0.2, 0) is 6.54 Å². The molecule has 28 heavy (non-hydrogen) atoms. The highest BCUT2D eigenvalue weighted by molar-refractivity contribution is 9.10. The van der Waals surface area contributed by atoms with Gasteiger partial charge in [-0.2, -0.15) is 0 Å². The molecule has 0 aromatic carbocycles. The van der Waals surface area contributed by atoms with Crippen LogP contribution in [0.2, 0.25) is 0 Å². The molecule has 0 saturated carbocycles. The summed E-state index contributed by atoms with van der Waals surface area (Å²) in [6.07, 6.45) is 7.31. The summed E-state index contributed by atoms with van der Waals surface area (Å²) in [5.74, 6) is 1.19. The fourth-order valence-electron chi connectivity index (χ4n) is 3.27. The Hall–Kier alpha value is -2.74. The van der Waals surface area contributed by atoms with Crippen molar-refractivity contribution >= 4 is 27.8 Å². The number of anilines is 1. The van der Waals surface area contributed by atoms with Gasteiger partial charge in [0.1, 0.15) is 5.76 Å². The van der Waals surface area contributed by atoms with Gasteiger partial charge in [-0.25, -0.2) is 9.97 Å². The SMILES string of the molecule is CN(Cc1ccc(Br)o1)C(=O)c1cnc(N2CCCC2)nc1-c1cccnc1. The van der Waals surface area contributed by atoms with Crippen LogP contribution in [0.25, 0.3) is 11.3 Å². The smallest absolute Gasteiger partial charge is 0.257 e. The third-order valence-corrected chi connectivity index (χ3v) is 5.13. The van der Waals surface area contributed by atoms with E-state index in [0.29, 0.717) is 34.2 Å². The summed E-state index contributed by atoms with van der Waals surface area (Å²) >= 11 is 3.28. The average Bonchev–Trinajstić information content (AvgIpc) is 3.40. The first-order chi connectivity index (χ1) is 13.6. The molecule has 0 N–H and O–H groups in total. The van der Waals surface area contributed by atoms with E-state index in [1.165, 1.54) is 0 Å². The standard InChI is InChI=1S/C20H20BrN5O2/c1-25(13-15-6-7-17(21)28-15)19(27)16-12-23-20(26-9-2-3-10-26)24-18(16)14-5-4-8-22-11-14/h4-8,11-12H,2-3,9-10,13H2,1H3. The molecular weight excluding hydrogens is 422 g/mol. The molecule has 0 radical (unpaired) electrons. The Labute approximate surface area is 171 Å². The molecule has 1 amide bonds. The van der Waals surface area contributed by atoms with Crippen molar-refractivity contribution in [2.45, 2.75) is 19.4 Å². The first kappa shape index (κ1) is 18.6. The molecule has 7 nitrogen and oxygen atoms in total. The number of nitrogens with zero attached hydrogens (tertiary/aromatic N) is 5. The second-order valence-corrected chi connectivity index (χ2v) is 7.52. The summed E-state index contributed by atoms with van der Waals surface area (Å²) in [7, 11) is 1.74. The Kier molecular flexibility index (Phi) is 5.38. The van der Waals surface area contributed by atoms with Crippen LogP contribution in [0.1, 0.15) is 29.0 Å². The van der Waals surface area contributed by atoms with E-state index in [2.05, 4.69) is 30.8 Å². The van der Waals surface area contributed by atoms with Gasteiger partial charge in [0.15, 0.2) is 4.67 Å². The zero-order chi connectivity index (χ0) is 19.5. The molecule has 0 spiro atoms. The van der Waals surface area contributed by atoms with Gasteiger partial charge in [-0.1, -0.05) is 0 Å². The summed E-state index contributed by atoms with van der Waals surface area (Å²) in [6.45, 7) is 2.23. The lowest BCUT2D eigenvalue weighted by Gasteiger charge is -2.20. The van der Waals surface area contributed by atoms with E-state index in [1.54, 1.807) is 30.5 Å². The number of hydrogen-bond acceptors (Lipinski definition) is 6. The van der Waals surface area contributed by atoms with E-state index in [0.717, 1.165) is 31.5 Å². The Balaban J connectivity index is 1.67. The molecule has 4 heterocycles. The lowest BCUT2D eigenvalue weighted by molar-refractivity contribution is 0.0775. The zero-order valence-corrected chi connectivity index (χ0v) is 17.1. The van der Waals surface area contributed by atoms with Gasteiger partial charge in [-0.15, -0.1) is 0 Å². The van der Waals surface area contributed by atoms with Crippen molar-refractivity contribution < 1.29 is 9.21 Å². The van der Waals surface area contributed by atoms with Gasteiger partial charge in [0.2, 0.25) is 5.95 Å². The minimum Gasteiger partial charge on any atom is -0.452 e. The molecule has 3 aromatic rings. The Morgan fingerprint density at radius 3 is 2.75 bits per heavy atom. The van der Waals surface area contributed by atoms with Crippen LogP contribution in [0.3, 0.4) is 0 Å². The fourth-order valence-corrected chi connectivity index (χ4v) is 3.61. The number of rotatable bonds is 5. The largest absolute Gasteiger partial charge is 0.452 e. The topological polar surface area (TPSA) is 75.4 Å². The Morgan fingerprint density at radius 2 is 2.07 bits per heavy atom. The Bertz CT molecular complexity index is 970. The Morgan fingerprint density at radius 1 is 1.25 bits per heavy atom. The molecule has 1 fully saturated rings. The lowest BCUT2D eigenvalue weighted by Crippen LogP contribution is -2.28. The first-order valence-corrected chi connectivity index (χ1v) is 9.93. The lowest BCUT2D eigenvalue weighted by atomic mass is 10.1. The maximum atomic E-state index is 13.1. The van der Waals surface area contributed by atoms with Crippen molar-refractivity contribution in [1.29, 1.82) is 0 Å². The number of pyridine rings is 1.